The summed E-state index contributed by atoms with van der Waals surface area (Å²) in [5, 5.41) is 5.73. The molecule has 0 aliphatic rings. The Bertz CT molecular complexity index is 1030. The number of carbonyl (C=O) groups excluding carboxylic acids is 1. The van der Waals surface area contributed by atoms with Crippen LogP contribution in [-0.4, -0.2) is 31.2 Å². The predicted octanol–water partition coefficient (Wildman–Crippen LogP) is 2.98. The summed E-state index contributed by atoms with van der Waals surface area (Å²) in [7, 11) is -4.05. The van der Waals surface area contributed by atoms with Crippen molar-refractivity contribution >= 4 is 21.7 Å². The van der Waals surface area contributed by atoms with Gasteiger partial charge in [-0.3, -0.25) is 9.82 Å². The lowest BCUT2D eigenvalue weighted by Crippen LogP contribution is -2.18. The number of benzene rings is 2. The van der Waals surface area contributed by atoms with E-state index in [1.165, 1.54) is 0 Å². The molecule has 140 valence electrons. The zero-order valence-corrected chi connectivity index (χ0v) is 15.5. The molecule has 0 unspecified atom stereocenters. The second-order valence-electron chi connectivity index (χ2n) is 5.76. The van der Waals surface area contributed by atoms with Crippen LogP contribution in [0.5, 0.6) is 0 Å². The van der Waals surface area contributed by atoms with Crippen LogP contribution in [0.15, 0.2) is 65.8 Å². The molecule has 2 aromatic carbocycles. The third-order valence-electron chi connectivity index (χ3n) is 3.87. The Labute approximate surface area is 157 Å². The molecule has 0 saturated carbocycles. The van der Waals surface area contributed by atoms with E-state index in [2.05, 4.69) is 14.9 Å². The average molecular weight is 385 g/mol. The monoisotopic (exact) mass is 385 g/mol. The summed E-state index contributed by atoms with van der Waals surface area (Å²) in [5.74, 6) is -0.746. The van der Waals surface area contributed by atoms with Gasteiger partial charge in [0.15, 0.2) is 5.03 Å². The molecule has 3 rings (SSSR count). The number of nitrogens with one attached hydrogen (secondary N) is 2. The van der Waals surface area contributed by atoms with Gasteiger partial charge in [-0.1, -0.05) is 48.5 Å². The van der Waals surface area contributed by atoms with Crippen molar-refractivity contribution in [2.24, 2.45) is 0 Å². The predicted molar refractivity (Wildman–Crippen MR) is 101 cm³/mol. The summed E-state index contributed by atoms with van der Waals surface area (Å²) in [4.78, 5) is 12.0. The zero-order chi connectivity index (χ0) is 19.3. The fourth-order valence-corrected chi connectivity index (χ4v) is 3.81. The van der Waals surface area contributed by atoms with Gasteiger partial charge >= 0.3 is 5.97 Å². The van der Waals surface area contributed by atoms with Gasteiger partial charge in [0.1, 0.15) is 5.56 Å². The normalized spacial score (nSPS) is 11.1. The SMILES string of the molecule is CCOC(=O)c1cn[nH]c1S(=O)(=O)Nc1ccccc1Cc1ccccc1. The van der Waals surface area contributed by atoms with E-state index in [1.807, 2.05) is 42.5 Å². The van der Waals surface area contributed by atoms with Gasteiger partial charge in [0.05, 0.1) is 18.5 Å². The van der Waals surface area contributed by atoms with E-state index in [4.69, 9.17) is 4.74 Å². The fraction of sp³-hybridized carbons (Fsp3) is 0.158. The molecule has 0 saturated heterocycles. The Balaban J connectivity index is 1.90. The van der Waals surface area contributed by atoms with E-state index in [0.29, 0.717) is 12.1 Å². The van der Waals surface area contributed by atoms with Crippen LogP contribution < -0.4 is 4.72 Å². The van der Waals surface area contributed by atoms with Crippen molar-refractivity contribution in [1.29, 1.82) is 0 Å². The molecule has 0 atom stereocenters. The molecule has 0 spiro atoms. The number of hydrogen-bond acceptors (Lipinski definition) is 5. The Kier molecular flexibility index (Phi) is 5.56. The third-order valence-corrected chi connectivity index (χ3v) is 5.20. The van der Waals surface area contributed by atoms with Gasteiger partial charge < -0.3 is 4.74 Å². The van der Waals surface area contributed by atoms with Crippen LogP contribution in [-0.2, 0) is 21.2 Å². The van der Waals surface area contributed by atoms with Crippen molar-refractivity contribution in [2.45, 2.75) is 18.4 Å². The fourth-order valence-electron chi connectivity index (χ4n) is 2.62. The molecular weight excluding hydrogens is 366 g/mol. The number of aromatic nitrogens is 2. The summed E-state index contributed by atoms with van der Waals surface area (Å²) in [6.45, 7) is 1.78. The topological polar surface area (TPSA) is 101 Å². The first-order valence-corrected chi connectivity index (χ1v) is 9.84. The van der Waals surface area contributed by atoms with E-state index in [-0.39, 0.29) is 17.2 Å². The molecule has 0 fully saturated rings. The van der Waals surface area contributed by atoms with Crippen molar-refractivity contribution < 1.29 is 17.9 Å². The number of hydrogen-bond donors (Lipinski definition) is 2. The van der Waals surface area contributed by atoms with Crippen LogP contribution in [0.25, 0.3) is 0 Å². The first-order chi connectivity index (χ1) is 13.0. The number of ether oxygens (including phenoxy) is 1. The summed E-state index contributed by atoms with van der Waals surface area (Å²) in [5.41, 5.74) is 2.16. The molecule has 0 aliphatic carbocycles. The van der Waals surface area contributed by atoms with Crippen LogP contribution in [0.1, 0.15) is 28.4 Å². The number of carbonyl (C=O) groups is 1. The molecule has 8 heteroatoms. The number of nitrogens with zero attached hydrogens (tertiary/aromatic N) is 1. The lowest BCUT2D eigenvalue weighted by molar-refractivity contribution is 0.0522. The molecular formula is C19H19N3O4S. The van der Waals surface area contributed by atoms with E-state index in [9.17, 15) is 13.2 Å². The number of para-hydroxylation sites is 1. The highest BCUT2D eigenvalue weighted by molar-refractivity contribution is 7.92. The molecule has 3 aromatic rings. The van der Waals surface area contributed by atoms with Crippen molar-refractivity contribution in [1.82, 2.24) is 10.2 Å². The van der Waals surface area contributed by atoms with Crippen molar-refractivity contribution in [2.75, 3.05) is 11.3 Å². The van der Waals surface area contributed by atoms with Crippen LogP contribution in [0.4, 0.5) is 5.69 Å². The maximum atomic E-state index is 12.8. The van der Waals surface area contributed by atoms with Crippen molar-refractivity contribution in [3.63, 3.8) is 0 Å². The Morgan fingerprint density at radius 1 is 1.11 bits per heavy atom. The van der Waals surface area contributed by atoms with Gasteiger partial charge in [0.25, 0.3) is 10.0 Å². The summed E-state index contributed by atoms with van der Waals surface area (Å²) in [6, 6.07) is 16.8. The molecule has 0 aliphatic heterocycles. The van der Waals surface area contributed by atoms with Crippen LogP contribution in [0.3, 0.4) is 0 Å². The standard InChI is InChI=1S/C19H19N3O4S/c1-2-26-19(23)16-13-20-21-18(16)27(24,25)22-17-11-7-6-10-15(17)12-14-8-4-3-5-9-14/h3-11,13,22H,2,12H2,1H3,(H,20,21). The molecule has 1 heterocycles. The molecule has 27 heavy (non-hydrogen) atoms. The Morgan fingerprint density at radius 2 is 1.81 bits per heavy atom. The smallest absolute Gasteiger partial charge is 0.342 e. The minimum Gasteiger partial charge on any atom is -0.462 e. The van der Waals surface area contributed by atoms with Gasteiger partial charge in [-0.2, -0.15) is 13.5 Å². The number of H-pyrrole nitrogens is 1. The summed E-state index contributed by atoms with van der Waals surface area (Å²) in [6.07, 6.45) is 1.70. The molecule has 0 bridgehead atoms. The minimum atomic E-state index is -4.05. The minimum absolute atomic E-state index is 0.134. The zero-order valence-electron chi connectivity index (χ0n) is 14.7. The Hall–Kier alpha value is -3.13. The van der Waals surface area contributed by atoms with Crippen LogP contribution in [0.2, 0.25) is 0 Å². The van der Waals surface area contributed by atoms with Crippen LogP contribution in [0, 0.1) is 0 Å². The maximum Gasteiger partial charge on any atom is 0.342 e. The Morgan fingerprint density at radius 3 is 2.56 bits per heavy atom. The largest absolute Gasteiger partial charge is 0.462 e. The lowest BCUT2D eigenvalue weighted by Gasteiger charge is -2.12. The van der Waals surface area contributed by atoms with Gasteiger partial charge in [-0.25, -0.2) is 4.79 Å². The highest BCUT2D eigenvalue weighted by Gasteiger charge is 2.26. The van der Waals surface area contributed by atoms with Gasteiger partial charge in [-0.05, 0) is 30.5 Å². The quantitative estimate of drug-likeness (QED) is 0.609. The van der Waals surface area contributed by atoms with Gasteiger partial charge in [-0.15, -0.1) is 0 Å². The van der Waals surface area contributed by atoms with E-state index in [0.717, 1.165) is 17.3 Å². The number of esters is 1. The van der Waals surface area contributed by atoms with E-state index in [1.54, 1.807) is 19.1 Å². The molecule has 0 amide bonds. The van der Waals surface area contributed by atoms with Crippen molar-refractivity contribution in [3.8, 4) is 0 Å². The first-order valence-electron chi connectivity index (χ1n) is 8.36. The highest BCUT2D eigenvalue weighted by Crippen LogP contribution is 2.23. The first kappa shape index (κ1) is 18.7. The van der Waals surface area contributed by atoms with Crippen molar-refractivity contribution in [3.05, 3.63) is 77.5 Å². The van der Waals surface area contributed by atoms with E-state index < -0.39 is 16.0 Å². The molecule has 7 nitrogen and oxygen atoms in total. The van der Waals surface area contributed by atoms with Gasteiger partial charge in [0.2, 0.25) is 0 Å². The number of rotatable bonds is 7. The van der Waals surface area contributed by atoms with Crippen LogP contribution >= 0.6 is 0 Å². The molecule has 0 radical (unpaired) electrons. The molecule has 1 aromatic heterocycles. The number of aromatic amines is 1. The molecule has 2 N–H and O–H groups in total. The number of sulfonamides is 1. The highest BCUT2D eigenvalue weighted by atomic mass is 32.2. The average Bonchev–Trinajstić information content (AvgIpc) is 3.15. The van der Waals surface area contributed by atoms with Gasteiger partial charge in [0, 0.05) is 0 Å². The van der Waals surface area contributed by atoms with E-state index >= 15 is 0 Å². The lowest BCUT2D eigenvalue weighted by atomic mass is 10.0. The summed E-state index contributed by atoms with van der Waals surface area (Å²) >= 11 is 0. The third kappa shape index (κ3) is 4.35. The summed E-state index contributed by atoms with van der Waals surface area (Å²) < 4.78 is 33.0. The second kappa shape index (κ2) is 8.05. The number of anilines is 1. The maximum absolute atomic E-state index is 12.8. The second-order valence-corrected chi connectivity index (χ2v) is 7.38.